The number of nitrogens with zero attached hydrogens (tertiary/aromatic N) is 1. The number of rotatable bonds is 2. The summed E-state index contributed by atoms with van der Waals surface area (Å²) in [5.41, 5.74) is 1.14. The smallest absolute Gasteiger partial charge is 0.356 e. The minimum Gasteiger partial charge on any atom is -0.464 e. The van der Waals surface area contributed by atoms with Crippen LogP contribution in [0.1, 0.15) is 10.5 Å². The third-order valence-corrected chi connectivity index (χ3v) is 3.39. The number of imidazole rings is 1. The summed E-state index contributed by atoms with van der Waals surface area (Å²) < 4.78 is 5.36. The van der Waals surface area contributed by atoms with Gasteiger partial charge in [0.05, 0.1) is 18.3 Å². The number of benzene rings is 1. The maximum absolute atomic E-state index is 11.3. The van der Waals surface area contributed by atoms with Gasteiger partial charge < -0.3 is 9.72 Å². The maximum Gasteiger partial charge on any atom is 0.356 e. The molecule has 0 radical (unpaired) electrons. The summed E-state index contributed by atoms with van der Waals surface area (Å²) in [6.45, 7) is 0. The third kappa shape index (κ3) is 2.50. The fourth-order valence-corrected chi connectivity index (χ4v) is 1.82. The minimum atomic E-state index is -0.447. The number of hydrogen-bond donors (Lipinski definition) is 1. The van der Waals surface area contributed by atoms with E-state index < -0.39 is 5.97 Å². The number of aromatic nitrogens is 2. The van der Waals surface area contributed by atoms with E-state index in [1.165, 1.54) is 13.3 Å². The van der Waals surface area contributed by atoms with E-state index in [0.29, 0.717) is 16.5 Å². The van der Waals surface area contributed by atoms with Crippen molar-refractivity contribution in [2.24, 2.45) is 0 Å². The zero-order valence-corrected chi connectivity index (χ0v) is 11.2. The largest absolute Gasteiger partial charge is 0.464 e. The van der Waals surface area contributed by atoms with Gasteiger partial charge in [-0.3, -0.25) is 0 Å². The second kappa shape index (κ2) is 4.89. The van der Waals surface area contributed by atoms with Gasteiger partial charge in [0.2, 0.25) is 0 Å². The van der Waals surface area contributed by atoms with Crippen molar-refractivity contribution in [2.75, 3.05) is 7.11 Å². The van der Waals surface area contributed by atoms with Crippen molar-refractivity contribution in [3.05, 3.63) is 39.6 Å². The average Bonchev–Trinajstić information content (AvgIpc) is 2.81. The summed E-state index contributed by atoms with van der Waals surface area (Å²) in [4.78, 5) is 18.2. The number of hydrogen-bond acceptors (Lipinski definition) is 3. The molecule has 88 valence electrons. The Bertz CT molecular complexity index is 568. The van der Waals surface area contributed by atoms with Crippen LogP contribution in [-0.4, -0.2) is 23.0 Å². The van der Waals surface area contributed by atoms with Gasteiger partial charge in [-0.15, -0.1) is 0 Å². The van der Waals surface area contributed by atoms with Crippen LogP contribution in [0.25, 0.3) is 11.4 Å². The normalized spacial score (nSPS) is 10.3. The first-order chi connectivity index (χ1) is 8.11. The molecule has 1 aromatic carbocycles. The Balaban J connectivity index is 2.37. The molecule has 6 heteroatoms. The molecule has 0 aliphatic rings. The topological polar surface area (TPSA) is 55.0 Å². The van der Waals surface area contributed by atoms with Crippen LogP contribution in [-0.2, 0) is 4.74 Å². The first-order valence-electron chi connectivity index (χ1n) is 4.70. The molecule has 1 heterocycles. The quantitative estimate of drug-likeness (QED) is 0.865. The van der Waals surface area contributed by atoms with Crippen molar-refractivity contribution < 1.29 is 9.53 Å². The van der Waals surface area contributed by atoms with Crippen LogP contribution in [0.4, 0.5) is 0 Å². The van der Waals surface area contributed by atoms with Crippen LogP contribution in [0.2, 0.25) is 5.02 Å². The van der Waals surface area contributed by atoms with E-state index in [1.54, 1.807) is 6.07 Å². The van der Waals surface area contributed by atoms with E-state index in [9.17, 15) is 4.79 Å². The molecule has 1 aromatic heterocycles. The van der Waals surface area contributed by atoms with Crippen molar-refractivity contribution in [3.8, 4) is 11.4 Å². The predicted molar refractivity (Wildman–Crippen MR) is 68.1 cm³/mol. The number of carbonyl (C=O) groups is 1. The van der Waals surface area contributed by atoms with Crippen LogP contribution in [0, 0.1) is 0 Å². The number of esters is 1. The van der Waals surface area contributed by atoms with Crippen molar-refractivity contribution >= 4 is 33.5 Å². The van der Waals surface area contributed by atoms with Gasteiger partial charge in [0.25, 0.3) is 0 Å². The molecule has 0 atom stereocenters. The average molecular weight is 316 g/mol. The Morgan fingerprint density at radius 2 is 2.29 bits per heavy atom. The standard InChI is InChI=1S/C11H8BrClN2O2/c1-17-11(16)9-5-14-10(15-9)6-2-3-8(13)7(12)4-6/h2-5H,1H3,(H,14,15). The summed E-state index contributed by atoms with van der Waals surface area (Å²) in [5.74, 6) is 0.138. The monoisotopic (exact) mass is 314 g/mol. The second-order valence-corrected chi connectivity index (χ2v) is 4.53. The zero-order chi connectivity index (χ0) is 12.4. The molecule has 0 saturated heterocycles. The molecule has 17 heavy (non-hydrogen) atoms. The molecule has 0 amide bonds. The van der Waals surface area contributed by atoms with E-state index in [4.69, 9.17) is 11.6 Å². The molecule has 1 N–H and O–H groups in total. The SMILES string of the molecule is COC(=O)c1cnc(-c2ccc(Cl)c(Br)c2)[nH]1. The Labute approximate surface area is 111 Å². The summed E-state index contributed by atoms with van der Waals surface area (Å²) in [7, 11) is 1.32. The molecule has 0 aliphatic carbocycles. The van der Waals surface area contributed by atoms with Crippen molar-refractivity contribution in [1.82, 2.24) is 9.97 Å². The van der Waals surface area contributed by atoms with Gasteiger partial charge in [0, 0.05) is 10.0 Å². The lowest BCUT2D eigenvalue weighted by Gasteiger charge is -2.00. The van der Waals surface area contributed by atoms with Gasteiger partial charge in [0.1, 0.15) is 11.5 Å². The lowest BCUT2D eigenvalue weighted by molar-refractivity contribution is 0.0595. The Morgan fingerprint density at radius 3 is 2.94 bits per heavy atom. The molecule has 4 nitrogen and oxygen atoms in total. The van der Waals surface area contributed by atoms with Gasteiger partial charge in [-0.2, -0.15) is 0 Å². The van der Waals surface area contributed by atoms with Crippen molar-refractivity contribution in [3.63, 3.8) is 0 Å². The number of halogens is 2. The minimum absolute atomic E-state index is 0.313. The highest BCUT2D eigenvalue weighted by Gasteiger charge is 2.11. The van der Waals surface area contributed by atoms with Crippen LogP contribution in [0.15, 0.2) is 28.9 Å². The summed E-state index contributed by atoms with van der Waals surface area (Å²) in [6, 6.07) is 5.39. The van der Waals surface area contributed by atoms with E-state index in [2.05, 4.69) is 30.6 Å². The van der Waals surface area contributed by atoms with Crippen molar-refractivity contribution in [2.45, 2.75) is 0 Å². The second-order valence-electron chi connectivity index (χ2n) is 3.27. The van der Waals surface area contributed by atoms with E-state index in [1.807, 2.05) is 12.1 Å². The van der Waals surface area contributed by atoms with Gasteiger partial charge >= 0.3 is 5.97 Å². The molecular formula is C11H8BrClN2O2. The van der Waals surface area contributed by atoms with Gasteiger partial charge in [0.15, 0.2) is 0 Å². The number of carbonyl (C=O) groups excluding carboxylic acids is 1. The molecule has 2 rings (SSSR count). The Hall–Kier alpha value is -1.33. The fraction of sp³-hybridized carbons (Fsp3) is 0.0909. The lowest BCUT2D eigenvalue weighted by Crippen LogP contribution is -2.00. The summed E-state index contributed by atoms with van der Waals surface area (Å²) in [5, 5.41) is 0.619. The van der Waals surface area contributed by atoms with E-state index in [0.717, 1.165) is 10.0 Å². The van der Waals surface area contributed by atoms with Crippen LogP contribution >= 0.6 is 27.5 Å². The fourth-order valence-electron chi connectivity index (χ4n) is 1.33. The highest BCUT2D eigenvalue weighted by molar-refractivity contribution is 9.10. The van der Waals surface area contributed by atoms with E-state index >= 15 is 0 Å². The van der Waals surface area contributed by atoms with E-state index in [-0.39, 0.29) is 0 Å². The maximum atomic E-state index is 11.3. The molecule has 0 unspecified atom stereocenters. The molecule has 0 bridgehead atoms. The predicted octanol–water partition coefficient (Wildman–Crippen LogP) is 3.28. The Morgan fingerprint density at radius 1 is 1.53 bits per heavy atom. The van der Waals surface area contributed by atoms with Crippen molar-refractivity contribution in [1.29, 1.82) is 0 Å². The molecule has 0 spiro atoms. The van der Waals surface area contributed by atoms with Crippen LogP contribution < -0.4 is 0 Å². The molecular weight excluding hydrogens is 307 g/mol. The Kier molecular flexibility index (Phi) is 3.49. The lowest BCUT2D eigenvalue weighted by atomic mass is 10.2. The molecule has 2 aromatic rings. The summed E-state index contributed by atoms with van der Waals surface area (Å²) >= 11 is 9.22. The third-order valence-electron chi connectivity index (χ3n) is 2.17. The number of H-pyrrole nitrogens is 1. The number of nitrogens with one attached hydrogen (secondary N) is 1. The molecule has 0 aliphatic heterocycles. The van der Waals surface area contributed by atoms with Gasteiger partial charge in [-0.05, 0) is 34.1 Å². The summed E-state index contributed by atoms with van der Waals surface area (Å²) in [6.07, 6.45) is 1.43. The van der Waals surface area contributed by atoms with Crippen LogP contribution in [0.5, 0.6) is 0 Å². The van der Waals surface area contributed by atoms with Gasteiger partial charge in [-0.1, -0.05) is 11.6 Å². The number of aromatic amines is 1. The first kappa shape index (κ1) is 12.1. The van der Waals surface area contributed by atoms with Gasteiger partial charge in [-0.25, -0.2) is 9.78 Å². The highest BCUT2D eigenvalue weighted by atomic mass is 79.9. The molecule has 0 fully saturated rings. The number of methoxy groups -OCH3 is 1. The highest BCUT2D eigenvalue weighted by Crippen LogP contribution is 2.27. The van der Waals surface area contributed by atoms with Crippen LogP contribution in [0.3, 0.4) is 0 Å². The molecule has 0 saturated carbocycles. The zero-order valence-electron chi connectivity index (χ0n) is 8.83. The number of ether oxygens (including phenoxy) is 1. The first-order valence-corrected chi connectivity index (χ1v) is 5.87.